The molecule has 6 nitrogen and oxygen atoms in total. The topological polar surface area (TPSA) is 57.9 Å². The molecular weight excluding hydrogens is 450 g/mol. The molecule has 1 N–H and O–H groups in total. The number of hydrogen-bond acceptors (Lipinski definition) is 4. The third-order valence-electron chi connectivity index (χ3n) is 7.98. The van der Waals surface area contributed by atoms with E-state index in [9.17, 15) is 9.90 Å². The SMILES string of the molecule is C[C@H]1CN([C@@H](C)CO)C(=O)c2c(c3ccccc3n2C)-c2ccccc2CO[C@H]1CN(C)CC1CC1. The molecule has 0 bridgehead atoms. The Hall–Kier alpha value is -2.67. The van der Waals surface area contributed by atoms with Crippen LogP contribution in [0.15, 0.2) is 48.5 Å². The molecule has 3 aromatic rings. The fourth-order valence-corrected chi connectivity index (χ4v) is 5.65. The maximum absolute atomic E-state index is 14.3. The lowest BCUT2D eigenvalue weighted by molar-refractivity contribution is -0.0236. The molecule has 5 rings (SSSR count). The van der Waals surface area contributed by atoms with Crippen molar-refractivity contribution in [1.29, 1.82) is 0 Å². The Kier molecular flexibility index (Phi) is 7.20. The number of ether oxygens (including phenoxy) is 1. The summed E-state index contributed by atoms with van der Waals surface area (Å²) in [6, 6.07) is 16.2. The highest BCUT2D eigenvalue weighted by Crippen LogP contribution is 2.38. The maximum Gasteiger partial charge on any atom is 0.271 e. The van der Waals surface area contributed by atoms with Gasteiger partial charge in [0.1, 0.15) is 5.69 Å². The fourth-order valence-electron chi connectivity index (χ4n) is 5.65. The fraction of sp³-hybridized carbons (Fsp3) is 0.500. The van der Waals surface area contributed by atoms with Crippen molar-refractivity contribution in [3.05, 3.63) is 59.8 Å². The number of hydrogen-bond donors (Lipinski definition) is 1. The van der Waals surface area contributed by atoms with E-state index in [0.717, 1.165) is 46.6 Å². The van der Waals surface area contributed by atoms with Crippen molar-refractivity contribution >= 4 is 16.8 Å². The van der Waals surface area contributed by atoms with Gasteiger partial charge in [0.15, 0.2) is 0 Å². The average molecular weight is 490 g/mol. The molecule has 192 valence electrons. The molecule has 3 atom stereocenters. The van der Waals surface area contributed by atoms with Crippen LogP contribution in [0.1, 0.15) is 42.7 Å². The summed E-state index contributed by atoms with van der Waals surface area (Å²) in [5.74, 6) is 0.871. The number of aliphatic hydroxyl groups is 1. The number of likely N-dealkylation sites (N-methyl/N-ethyl adjacent to an activating group) is 1. The summed E-state index contributed by atoms with van der Waals surface area (Å²) in [6.45, 7) is 6.96. The number of aromatic nitrogens is 1. The predicted molar refractivity (Wildman–Crippen MR) is 144 cm³/mol. The first-order valence-corrected chi connectivity index (χ1v) is 13.3. The van der Waals surface area contributed by atoms with Crippen LogP contribution in [0, 0.1) is 11.8 Å². The number of para-hydroxylation sites is 1. The number of aryl methyl sites for hydroxylation is 1. The van der Waals surface area contributed by atoms with E-state index in [1.807, 2.05) is 47.7 Å². The molecule has 1 saturated carbocycles. The van der Waals surface area contributed by atoms with Crippen molar-refractivity contribution in [2.75, 3.05) is 33.3 Å². The molecular formula is C30H39N3O3. The largest absolute Gasteiger partial charge is 0.394 e. The Morgan fingerprint density at radius 1 is 1.11 bits per heavy atom. The summed E-state index contributed by atoms with van der Waals surface area (Å²) < 4.78 is 8.69. The second-order valence-electron chi connectivity index (χ2n) is 10.9. The van der Waals surface area contributed by atoms with Crippen molar-refractivity contribution in [3.63, 3.8) is 0 Å². The quantitative estimate of drug-likeness (QED) is 0.552. The molecule has 1 aliphatic carbocycles. The zero-order valence-corrected chi connectivity index (χ0v) is 22.0. The molecule has 0 saturated heterocycles. The number of nitrogens with zero attached hydrogens (tertiary/aromatic N) is 3. The molecule has 2 heterocycles. The second kappa shape index (κ2) is 10.4. The van der Waals surface area contributed by atoms with Gasteiger partial charge >= 0.3 is 0 Å². The standard InChI is InChI=1S/C30H39N3O3/c1-20-15-33(21(2)18-34)30(35)29-28(25-11-7-8-12-26(25)32(29)4)24-10-6-5-9-23(24)19-36-27(20)17-31(3)16-22-13-14-22/h5-12,20-22,27,34H,13-19H2,1-4H3/t20-,21-,27-/m0/s1. The molecule has 2 aromatic carbocycles. The molecule has 1 fully saturated rings. The van der Waals surface area contributed by atoms with Crippen molar-refractivity contribution in [2.24, 2.45) is 18.9 Å². The minimum absolute atomic E-state index is 0.0269. The van der Waals surface area contributed by atoms with E-state index in [0.29, 0.717) is 18.8 Å². The summed E-state index contributed by atoms with van der Waals surface area (Å²) in [7, 11) is 4.15. The molecule has 1 aromatic heterocycles. The number of carbonyl (C=O) groups is 1. The first-order valence-electron chi connectivity index (χ1n) is 13.3. The Morgan fingerprint density at radius 3 is 2.58 bits per heavy atom. The van der Waals surface area contributed by atoms with Gasteiger partial charge in [-0.1, -0.05) is 49.4 Å². The smallest absolute Gasteiger partial charge is 0.271 e. The van der Waals surface area contributed by atoms with E-state index in [1.165, 1.54) is 12.8 Å². The van der Waals surface area contributed by atoms with E-state index in [4.69, 9.17) is 4.74 Å². The van der Waals surface area contributed by atoms with Gasteiger partial charge in [-0.15, -0.1) is 0 Å². The highest BCUT2D eigenvalue weighted by Gasteiger charge is 2.34. The van der Waals surface area contributed by atoms with E-state index in [2.05, 4.69) is 43.1 Å². The van der Waals surface area contributed by atoms with Gasteiger partial charge in [0.2, 0.25) is 0 Å². The highest BCUT2D eigenvalue weighted by atomic mass is 16.5. The van der Waals surface area contributed by atoms with Crippen molar-refractivity contribution in [2.45, 2.75) is 45.4 Å². The Labute approximate surface area is 214 Å². The van der Waals surface area contributed by atoms with Crippen LogP contribution in [-0.4, -0.2) is 70.8 Å². The van der Waals surface area contributed by atoms with E-state index < -0.39 is 0 Å². The summed E-state index contributed by atoms with van der Waals surface area (Å²) in [4.78, 5) is 18.6. The van der Waals surface area contributed by atoms with Crippen molar-refractivity contribution < 1.29 is 14.6 Å². The zero-order chi connectivity index (χ0) is 25.4. The zero-order valence-electron chi connectivity index (χ0n) is 22.0. The van der Waals surface area contributed by atoms with E-state index in [-0.39, 0.29) is 30.6 Å². The van der Waals surface area contributed by atoms with Crippen LogP contribution < -0.4 is 0 Å². The number of benzene rings is 2. The molecule has 1 amide bonds. The maximum atomic E-state index is 14.3. The lowest BCUT2D eigenvalue weighted by atomic mass is 9.96. The summed E-state index contributed by atoms with van der Waals surface area (Å²) in [6.07, 6.45) is 2.61. The number of aliphatic hydroxyl groups excluding tert-OH is 1. The Morgan fingerprint density at radius 2 is 1.83 bits per heavy atom. The molecule has 0 unspecified atom stereocenters. The number of amides is 1. The lowest BCUT2D eigenvalue weighted by Gasteiger charge is -2.35. The van der Waals surface area contributed by atoms with Gasteiger partial charge in [0.25, 0.3) is 5.91 Å². The van der Waals surface area contributed by atoms with Crippen LogP contribution in [0.2, 0.25) is 0 Å². The van der Waals surface area contributed by atoms with Crippen molar-refractivity contribution in [1.82, 2.24) is 14.4 Å². The highest BCUT2D eigenvalue weighted by molar-refractivity contribution is 6.10. The predicted octanol–water partition coefficient (Wildman–Crippen LogP) is 4.55. The third kappa shape index (κ3) is 4.82. The molecule has 6 heteroatoms. The van der Waals surface area contributed by atoms with Crippen LogP contribution in [-0.2, 0) is 18.4 Å². The van der Waals surface area contributed by atoms with Crippen LogP contribution in [0.25, 0.3) is 22.0 Å². The van der Waals surface area contributed by atoms with Gasteiger partial charge in [-0.3, -0.25) is 4.79 Å². The van der Waals surface area contributed by atoms with Crippen LogP contribution in [0.5, 0.6) is 0 Å². The van der Waals surface area contributed by atoms with Gasteiger partial charge in [0.05, 0.1) is 25.4 Å². The van der Waals surface area contributed by atoms with Crippen molar-refractivity contribution in [3.8, 4) is 11.1 Å². The number of rotatable bonds is 6. The third-order valence-corrected chi connectivity index (χ3v) is 7.98. The number of fused-ring (bicyclic) bond motifs is 5. The van der Waals surface area contributed by atoms with Crippen LogP contribution in [0.3, 0.4) is 0 Å². The normalized spacial score (nSPS) is 21.8. The molecule has 36 heavy (non-hydrogen) atoms. The first-order chi connectivity index (χ1) is 17.4. The van der Waals surface area contributed by atoms with E-state index in [1.54, 1.807) is 0 Å². The van der Waals surface area contributed by atoms with E-state index >= 15 is 0 Å². The second-order valence-corrected chi connectivity index (χ2v) is 10.9. The van der Waals surface area contributed by atoms with Gasteiger partial charge in [-0.25, -0.2) is 0 Å². The Balaban J connectivity index is 1.63. The molecule has 0 spiro atoms. The minimum Gasteiger partial charge on any atom is -0.394 e. The number of carbonyl (C=O) groups excluding carboxylic acids is 1. The molecule has 2 aliphatic rings. The summed E-state index contributed by atoms with van der Waals surface area (Å²) >= 11 is 0. The first kappa shape index (κ1) is 25.0. The summed E-state index contributed by atoms with van der Waals surface area (Å²) in [5.41, 5.74) is 4.76. The van der Waals surface area contributed by atoms with Gasteiger partial charge in [0, 0.05) is 49.1 Å². The summed E-state index contributed by atoms with van der Waals surface area (Å²) in [5, 5.41) is 11.2. The Bertz CT molecular complexity index is 1230. The van der Waals surface area contributed by atoms with Gasteiger partial charge < -0.3 is 24.2 Å². The molecule has 1 aliphatic heterocycles. The van der Waals surface area contributed by atoms with Gasteiger partial charge in [-0.05, 0) is 49.9 Å². The molecule has 0 radical (unpaired) electrons. The van der Waals surface area contributed by atoms with Crippen LogP contribution >= 0.6 is 0 Å². The minimum atomic E-state index is -0.299. The average Bonchev–Trinajstić information content (AvgIpc) is 3.65. The lowest BCUT2D eigenvalue weighted by Crippen LogP contribution is -2.47. The van der Waals surface area contributed by atoms with Gasteiger partial charge in [-0.2, -0.15) is 0 Å². The monoisotopic (exact) mass is 489 g/mol. The van der Waals surface area contributed by atoms with Crippen LogP contribution in [0.4, 0.5) is 0 Å².